The zero-order valence-electron chi connectivity index (χ0n) is 13.8. The second-order valence-electron chi connectivity index (χ2n) is 5.46. The summed E-state index contributed by atoms with van der Waals surface area (Å²) in [7, 11) is 0. The zero-order chi connectivity index (χ0) is 18.5. The van der Waals surface area contributed by atoms with Crippen molar-refractivity contribution in [1.29, 1.82) is 0 Å². The molecule has 0 fully saturated rings. The summed E-state index contributed by atoms with van der Waals surface area (Å²) >= 11 is 9.21. The maximum atomic E-state index is 12.1. The van der Waals surface area contributed by atoms with Crippen LogP contribution in [0.3, 0.4) is 0 Å². The summed E-state index contributed by atoms with van der Waals surface area (Å²) in [6.07, 6.45) is 0. The summed E-state index contributed by atoms with van der Waals surface area (Å²) in [5, 5.41) is 15.1. The predicted molar refractivity (Wildman–Crippen MR) is 100 cm³/mol. The van der Waals surface area contributed by atoms with Gasteiger partial charge in [-0.1, -0.05) is 27.5 Å². The summed E-state index contributed by atoms with van der Waals surface area (Å²) < 4.78 is 7.97. The molecule has 9 heteroatoms. The Kier molecular flexibility index (Phi) is 5.85. The van der Waals surface area contributed by atoms with Gasteiger partial charge in [-0.05, 0) is 65.9 Å². The monoisotopic (exact) mass is 435 g/mol. The molecule has 0 aliphatic carbocycles. The number of carbonyl (C=O) groups excluding carboxylic acids is 1. The topological polar surface area (TPSA) is 81.9 Å². The highest BCUT2D eigenvalue weighted by atomic mass is 79.9. The van der Waals surface area contributed by atoms with E-state index in [1.165, 1.54) is 0 Å². The first kappa shape index (κ1) is 18.3. The maximum absolute atomic E-state index is 12.1. The molecule has 26 heavy (non-hydrogen) atoms. The van der Waals surface area contributed by atoms with E-state index in [-0.39, 0.29) is 12.5 Å². The van der Waals surface area contributed by atoms with E-state index in [4.69, 9.17) is 16.3 Å². The van der Waals surface area contributed by atoms with E-state index in [2.05, 4.69) is 36.8 Å². The number of rotatable bonds is 6. The number of halogens is 2. The molecule has 3 rings (SSSR count). The Morgan fingerprint density at radius 2 is 1.92 bits per heavy atom. The Hall–Kier alpha value is -2.45. The third kappa shape index (κ3) is 4.59. The van der Waals surface area contributed by atoms with E-state index < -0.39 is 6.04 Å². The zero-order valence-corrected chi connectivity index (χ0v) is 16.1. The molecule has 0 saturated heterocycles. The Labute approximate surface area is 163 Å². The quantitative estimate of drug-likeness (QED) is 0.641. The second kappa shape index (κ2) is 8.29. The molecule has 0 bridgehead atoms. The first-order valence-electron chi connectivity index (χ1n) is 7.75. The molecule has 0 saturated carbocycles. The largest absolute Gasteiger partial charge is 0.484 e. The van der Waals surface area contributed by atoms with Crippen molar-refractivity contribution in [3.05, 3.63) is 63.9 Å². The first-order valence-corrected chi connectivity index (χ1v) is 8.92. The van der Waals surface area contributed by atoms with Crippen LogP contribution in [-0.2, 0) is 4.79 Å². The number of aromatic nitrogens is 4. The number of hydrogen-bond donors (Lipinski definition) is 1. The van der Waals surface area contributed by atoms with E-state index >= 15 is 0 Å². The normalized spacial score (nSPS) is 11.8. The minimum absolute atomic E-state index is 0.119. The number of benzene rings is 2. The van der Waals surface area contributed by atoms with Gasteiger partial charge in [0.25, 0.3) is 5.91 Å². The second-order valence-corrected chi connectivity index (χ2v) is 6.81. The molecule has 1 aromatic heterocycles. The molecule has 1 heterocycles. The average molecular weight is 437 g/mol. The minimum Gasteiger partial charge on any atom is -0.484 e. The molecular formula is C17H15BrClN5O2. The van der Waals surface area contributed by atoms with Gasteiger partial charge >= 0.3 is 0 Å². The van der Waals surface area contributed by atoms with E-state index in [0.717, 1.165) is 10.2 Å². The molecule has 1 amide bonds. The number of ether oxygens (including phenoxy) is 1. The van der Waals surface area contributed by atoms with Crippen LogP contribution in [-0.4, -0.2) is 32.7 Å². The molecule has 0 aliphatic heterocycles. The smallest absolute Gasteiger partial charge is 0.258 e. The minimum atomic E-state index is -0.394. The van der Waals surface area contributed by atoms with Gasteiger partial charge in [-0.25, -0.2) is 0 Å². The van der Waals surface area contributed by atoms with Gasteiger partial charge in [0.2, 0.25) is 0 Å². The Morgan fingerprint density at radius 1 is 1.23 bits per heavy atom. The van der Waals surface area contributed by atoms with Crippen LogP contribution in [0.4, 0.5) is 0 Å². The van der Waals surface area contributed by atoms with Crippen LogP contribution in [0, 0.1) is 0 Å². The molecular weight excluding hydrogens is 422 g/mol. The van der Waals surface area contributed by atoms with Crippen LogP contribution in [0.25, 0.3) is 5.69 Å². The Morgan fingerprint density at radius 3 is 2.62 bits per heavy atom. The lowest BCUT2D eigenvalue weighted by Crippen LogP contribution is -2.32. The van der Waals surface area contributed by atoms with Gasteiger partial charge < -0.3 is 10.1 Å². The molecule has 3 aromatic rings. The summed E-state index contributed by atoms with van der Waals surface area (Å²) in [5.74, 6) is 0.807. The summed E-state index contributed by atoms with van der Waals surface area (Å²) in [6.45, 7) is 1.69. The van der Waals surface area contributed by atoms with E-state index in [0.29, 0.717) is 16.6 Å². The molecule has 1 unspecified atom stereocenters. The Balaban J connectivity index is 1.62. The van der Waals surface area contributed by atoms with Crippen LogP contribution in [0.15, 0.2) is 53.0 Å². The van der Waals surface area contributed by atoms with Crippen LogP contribution < -0.4 is 10.1 Å². The standard InChI is InChI=1S/C17H15BrClN5O2/c1-11(20-16(25)10-26-15-8-4-13(19)5-9-15)17-21-22-23-24(17)14-6-2-12(18)3-7-14/h2-9,11H,10H2,1H3,(H,20,25). The van der Waals surface area contributed by atoms with Crippen molar-refractivity contribution in [2.45, 2.75) is 13.0 Å². The van der Waals surface area contributed by atoms with E-state index in [1.807, 2.05) is 24.3 Å². The van der Waals surface area contributed by atoms with Gasteiger partial charge in [0.1, 0.15) is 5.75 Å². The van der Waals surface area contributed by atoms with Crippen molar-refractivity contribution in [1.82, 2.24) is 25.5 Å². The predicted octanol–water partition coefficient (Wildman–Crippen LogP) is 3.33. The Bertz CT molecular complexity index is 883. The highest BCUT2D eigenvalue weighted by molar-refractivity contribution is 9.10. The van der Waals surface area contributed by atoms with Crippen LogP contribution in [0.2, 0.25) is 5.02 Å². The first-order chi connectivity index (χ1) is 12.5. The van der Waals surface area contributed by atoms with Gasteiger partial charge in [-0.3, -0.25) is 4.79 Å². The van der Waals surface area contributed by atoms with Crippen molar-refractivity contribution in [2.75, 3.05) is 6.61 Å². The van der Waals surface area contributed by atoms with Gasteiger partial charge in [0.15, 0.2) is 12.4 Å². The van der Waals surface area contributed by atoms with Crippen molar-refractivity contribution < 1.29 is 9.53 Å². The highest BCUT2D eigenvalue weighted by Crippen LogP contribution is 2.18. The fourth-order valence-electron chi connectivity index (χ4n) is 2.26. The molecule has 1 N–H and O–H groups in total. The molecule has 2 aromatic carbocycles. The third-order valence-electron chi connectivity index (χ3n) is 3.51. The molecule has 1 atom stereocenters. The average Bonchev–Trinajstić information content (AvgIpc) is 3.12. The van der Waals surface area contributed by atoms with Crippen molar-refractivity contribution in [3.63, 3.8) is 0 Å². The van der Waals surface area contributed by atoms with Crippen molar-refractivity contribution >= 4 is 33.4 Å². The lowest BCUT2D eigenvalue weighted by atomic mass is 10.2. The number of nitrogens with zero attached hydrogens (tertiary/aromatic N) is 4. The molecule has 0 spiro atoms. The van der Waals surface area contributed by atoms with Gasteiger partial charge in [-0.15, -0.1) is 5.10 Å². The van der Waals surface area contributed by atoms with Crippen molar-refractivity contribution in [3.8, 4) is 11.4 Å². The number of tetrazole rings is 1. The molecule has 0 aliphatic rings. The molecule has 0 radical (unpaired) electrons. The summed E-state index contributed by atoms with van der Waals surface area (Å²) in [6, 6.07) is 13.9. The summed E-state index contributed by atoms with van der Waals surface area (Å²) in [5.41, 5.74) is 0.798. The lowest BCUT2D eigenvalue weighted by molar-refractivity contribution is -0.123. The highest BCUT2D eigenvalue weighted by Gasteiger charge is 2.18. The molecule has 7 nitrogen and oxygen atoms in total. The third-order valence-corrected chi connectivity index (χ3v) is 4.29. The van der Waals surface area contributed by atoms with Crippen LogP contribution in [0.5, 0.6) is 5.75 Å². The SMILES string of the molecule is CC(NC(=O)COc1ccc(Cl)cc1)c1nnnn1-c1ccc(Br)cc1. The maximum Gasteiger partial charge on any atom is 0.258 e. The number of hydrogen-bond acceptors (Lipinski definition) is 5. The molecule has 134 valence electrons. The summed E-state index contributed by atoms with van der Waals surface area (Å²) in [4.78, 5) is 12.1. The van der Waals surface area contributed by atoms with Crippen molar-refractivity contribution in [2.24, 2.45) is 0 Å². The van der Waals surface area contributed by atoms with Gasteiger partial charge in [0, 0.05) is 9.50 Å². The van der Waals surface area contributed by atoms with Gasteiger partial charge in [0.05, 0.1) is 11.7 Å². The number of nitrogens with one attached hydrogen (secondary N) is 1. The fourth-order valence-corrected chi connectivity index (χ4v) is 2.65. The van der Waals surface area contributed by atoms with E-state index in [9.17, 15) is 4.79 Å². The fraction of sp³-hybridized carbons (Fsp3) is 0.176. The number of carbonyl (C=O) groups is 1. The van der Waals surface area contributed by atoms with E-state index in [1.54, 1.807) is 35.9 Å². The van der Waals surface area contributed by atoms with Crippen LogP contribution in [0.1, 0.15) is 18.8 Å². The number of amides is 1. The van der Waals surface area contributed by atoms with Gasteiger partial charge in [-0.2, -0.15) is 4.68 Å². The lowest BCUT2D eigenvalue weighted by Gasteiger charge is -2.14. The van der Waals surface area contributed by atoms with Crippen LogP contribution >= 0.6 is 27.5 Å².